The monoisotopic (exact) mass is 405 g/mol. The molecule has 0 amide bonds. The molecule has 1 aliphatic rings. The number of nitrogens with one attached hydrogen (secondary N) is 2. The predicted molar refractivity (Wildman–Crippen MR) is 107 cm³/mol. The van der Waals surface area contributed by atoms with Crippen molar-refractivity contribution >= 4 is 38.5 Å². The number of H-pyrrole nitrogens is 1. The van der Waals surface area contributed by atoms with Crippen molar-refractivity contribution in [1.29, 1.82) is 0 Å². The number of rotatable bonds is 4. The van der Waals surface area contributed by atoms with Crippen LogP contribution in [0.1, 0.15) is 12.8 Å². The fourth-order valence-electron chi connectivity index (χ4n) is 3.46. The third-order valence-electron chi connectivity index (χ3n) is 4.83. The van der Waals surface area contributed by atoms with Crippen LogP contribution in [-0.4, -0.2) is 53.1 Å². The molecule has 0 spiro atoms. The highest BCUT2D eigenvalue weighted by molar-refractivity contribution is 7.88. The maximum absolute atomic E-state index is 11.6. The number of hydrogen-bond acceptors (Lipinski definition) is 5. The summed E-state index contributed by atoms with van der Waals surface area (Å²) in [6.07, 6.45) is 6.37. The Labute approximate surface area is 162 Å². The average molecular weight is 406 g/mol. The molecule has 0 saturated carbocycles. The van der Waals surface area contributed by atoms with Crippen molar-refractivity contribution in [3.05, 3.63) is 41.8 Å². The molecule has 1 saturated heterocycles. The molecular weight excluding hydrogens is 386 g/mol. The summed E-state index contributed by atoms with van der Waals surface area (Å²) in [6, 6.07) is 7.86. The van der Waals surface area contributed by atoms with Gasteiger partial charge in [0.1, 0.15) is 16.6 Å². The summed E-state index contributed by atoms with van der Waals surface area (Å²) in [7, 11) is -3.13. The van der Waals surface area contributed by atoms with Gasteiger partial charge in [0.15, 0.2) is 0 Å². The topological polar surface area (TPSA) is 91.0 Å². The highest BCUT2D eigenvalue weighted by atomic mass is 35.5. The van der Waals surface area contributed by atoms with Gasteiger partial charge in [-0.15, -0.1) is 0 Å². The molecule has 7 nitrogen and oxygen atoms in total. The van der Waals surface area contributed by atoms with Crippen LogP contribution in [-0.2, 0) is 10.0 Å². The summed E-state index contributed by atoms with van der Waals surface area (Å²) in [5.74, 6) is 0.688. The van der Waals surface area contributed by atoms with Crippen LogP contribution in [0, 0.1) is 0 Å². The van der Waals surface area contributed by atoms with Crippen molar-refractivity contribution in [2.24, 2.45) is 0 Å². The first-order valence-corrected chi connectivity index (χ1v) is 10.9. The molecule has 9 heteroatoms. The van der Waals surface area contributed by atoms with Crippen LogP contribution in [0.5, 0.6) is 0 Å². The number of aromatic amines is 1. The molecule has 142 valence electrons. The van der Waals surface area contributed by atoms with Crippen molar-refractivity contribution in [1.82, 2.24) is 19.3 Å². The third-order valence-corrected chi connectivity index (χ3v) is 6.33. The maximum Gasteiger partial charge on any atom is 0.211 e. The molecule has 3 aromatic heterocycles. The van der Waals surface area contributed by atoms with Crippen molar-refractivity contribution < 1.29 is 8.42 Å². The van der Waals surface area contributed by atoms with Gasteiger partial charge in [0.05, 0.1) is 6.26 Å². The van der Waals surface area contributed by atoms with E-state index in [4.69, 9.17) is 11.6 Å². The average Bonchev–Trinajstić information content (AvgIpc) is 3.05. The van der Waals surface area contributed by atoms with Crippen LogP contribution in [0.15, 0.2) is 36.7 Å². The van der Waals surface area contributed by atoms with Gasteiger partial charge in [0, 0.05) is 42.5 Å². The van der Waals surface area contributed by atoms with Crippen LogP contribution in [0.4, 0.5) is 5.82 Å². The van der Waals surface area contributed by atoms with Crippen molar-refractivity contribution in [2.75, 3.05) is 24.7 Å². The Kier molecular flexibility index (Phi) is 4.79. The second kappa shape index (κ2) is 7.10. The molecule has 0 bridgehead atoms. The summed E-state index contributed by atoms with van der Waals surface area (Å²) in [6.45, 7) is 1.02. The van der Waals surface area contributed by atoms with Crippen LogP contribution >= 0.6 is 11.6 Å². The Morgan fingerprint density at radius 1 is 1.30 bits per heavy atom. The summed E-state index contributed by atoms with van der Waals surface area (Å²) < 4.78 is 24.8. The molecule has 0 unspecified atom stereocenters. The molecule has 3 aromatic rings. The van der Waals surface area contributed by atoms with E-state index in [1.807, 2.05) is 30.5 Å². The molecule has 0 aromatic carbocycles. The van der Waals surface area contributed by atoms with Crippen LogP contribution < -0.4 is 5.32 Å². The standard InChI is InChI=1S/C18H20ClN5O2S/c1-27(25,26)24-7-4-13(5-8-24)22-17-10-12(9-16(19)23-17)15-11-21-18-14(15)3-2-6-20-18/h2-3,6,9-11,13H,4-5,7-8H2,1H3,(H,20,21)(H,22,23). The number of hydrogen-bond donors (Lipinski definition) is 2. The number of sulfonamides is 1. The van der Waals surface area contributed by atoms with Gasteiger partial charge in [-0.1, -0.05) is 11.6 Å². The third kappa shape index (κ3) is 3.92. The Hall–Kier alpha value is -2.16. The Morgan fingerprint density at radius 3 is 2.81 bits per heavy atom. The fraction of sp³-hybridized carbons (Fsp3) is 0.333. The molecule has 1 aliphatic heterocycles. The first-order valence-electron chi connectivity index (χ1n) is 8.72. The first kappa shape index (κ1) is 18.2. The number of halogens is 1. The van der Waals surface area contributed by atoms with E-state index in [1.165, 1.54) is 10.6 Å². The lowest BCUT2D eigenvalue weighted by molar-refractivity contribution is 0.331. The molecule has 0 aliphatic carbocycles. The highest BCUT2D eigenvalue weighted by Gasteiger charge is 2.25. The maximum atomic E-state index is 11.6. The number of piperidine rings is 1. The predicted octanol–water partition coefficient (Wildman–Crippen LogP) is 3.11. The molecule has 1 fully saturated rings. The van der Waals surface area contributed by atoms with E-state index in [0.717, 1.165) is 35.0 Å². The highest BCUT2D eigenvalue weighted by Crippen LogP contribution is 2.31. The lowest BCUT2D eigenvalue weighted by atomic mass is 10.1. The van der Waals surface area contributed by atoms with Crippen molar-refractivity contribution in [3.63, 3.8) is 0 Å². The minimum absolute atomic E-state index is 0.159. The number of fused-ring (bicyclic) bond motifs is 1. The van der Waals surface area contributed by atoms with E-state index in [-0.39, 0.29) is 6.04 Å². The molecule has 4 rings (SSSR count). The smallest absolute Gasteiger partial charge is 0.211 e. The van der Waals surface area contributed by atoms with E-state index in [1.54, 1.807) is 6.20 Å². The van der Waals surface area contributed by atoms with Gasteiger partial charge in [0.25, 0.3) is 0 Å². The van der Waals surface area contributed by atoms with Gasteiger partial charge in [-0.2, -0.15) is 0 Å². The zero-order valence-corrected chi connectivity index (χ0v) is 16.4. The van der Waals surface area contributed by atoms with Gasteiger partial charge in [-0.05, 0) is 42.7 Å². The molecule has 4 heterocycles. The van der Waals surface area contributed by atoms with Crippen LogP contribution in [0.2, 0.25) is 5.15 Å². The molecular formula is C18H20ClN5O2S. The van der Waals surface area contributed by atoms with Crippen molar-refractivity contribution in [3.8, 4) is 11.1 Å². The van der Waals surface area contributed by atoms with Gasteiger partial charge in [-0.25, -0.2) is 22.7 Å². The van der Waals surface area contributed by atoms with Gasteiger partial charge >= 0.3 is 0 Å². The first-order chi connectivity index (χ1) is 12.9. The summed E-state index contributed by atoms with van der Waals surface area (Å²) >= 11 is 6.25. The number of nitrogens with zero attached hydrogens (tertiary/aromatic N) is 3. The van der Waals surface area contributed by atoms with Crippen LogP contribution in [0.3, 0.4) is 0 Å². The zero-order chi connectivity index (χ0) is 19.0. The fourth-order valence-corrected chi connectivity index (χ4v) is 4.54. The minimum Gasteiger partial charge on any atom is -0.367 e. The SMILES string of the molecule is CS(=O)(=O)N1CCC(Nc2cc(-c3c[nH]c4ncccc34)cc(Cl)n2)CC1. The largest absolute Gasteiger partial charge is 0.367 e. The lowest BCUT2D eigenvalue weighted by Gasteiger charge is -2.31. The zero-order valence-electron chi connectivity index (χ0n) is 14.8. The Balaban J connectivity index is 1.55. The summed E-state index contributed by atoms with van der Waals surface area (Å²) in [5, 5.41) is 4.83. The quantitative estimate of drug-likeness (QED) is 0.651. The number of anilines is 1. The van der Waals surface area contributed by atoms with E-state index in [9.17, 15) is 8.42 Å². The van der Waals surface area contributed by atoms with E-state index in [2.05, 4.69) is 20.3 Å². The second-order valence-electron chi connectivity index (χ2n) is 6.75. The minimum atomic E-state index is -3.13. The van der Waals surface area contributed by atoms with E-state index < -0.39 is 10.0 Å². The number of pyridine rings is 2. The Bertz CT molecular complexity index is 1070. The molecule has 0 atom stereocenters. The van der Waals surface area contributed by atoms with Gasteiger partial charge in [0.2, 0.25) is 10.0 Å². The van der Waals surface area contributed by atoms with Gasteiger partial charge < -0.3 is 10.3 Å². The Morgan fingerprint density at radius 2 is 2.07 bits per heavy atom. The van der Waals surface area contributed by atoms with E-state index in [0.29, 0.717) is 24.1 Å². The summed E-state index contributed by atoms with van der Waals surface area (Å²) in [4.78, 5) is 11.9. The molecule has 27 heavy (non-hydrogen) atoms. The lowest BCUT2D eigenvalue weighted by Crippen LogP contribution is -2.41. The molecule has 0 radical (unpaired) electrons. The molecule has 2 N–H and O–H groups in total. The van der Waals surface area contributed by atoms with Crippen LogP contribution in [0.25, 0.3) is 22.2 Å². The summed E-state index contributed by atoms with van der Waals surface area (Å²) in [5.41, 5.74) is 2.78. The number of aromatic nitrogens is 3. The van der Waals surface area contributed by atoms with Crippen molar-refractivity contribution in [2.45, 2.75) is 18.9 Å². The van der Waals surface area contributed by atoms with Gasteiger partial charge in [-0.3, -0.25) is 0 Å². The normalized spacial score (nSPS) is 16.7. The second-order valence-corrected chi connectivity index (χ2v) is 9.12. The van der Waals surface area contributed by atoms with E-state index >= 15 is 0 Å².